The molecule has 1 unspecified atom stereocenters. The van der Waals surface area contributed by atoms with Gasteiger partial charge in [0.25, 0.3) is 0 Å². The van der Waals surface area contributed by atoms with E-state index in [0.29, 0.717) is 19.0 Å². The van der Waals surface area contributed by atoms with Crippen molar-refractivity contribution in [2.75, 3.05) is 44.2 Å². The molecule has 2 saturated heterocycles. The summed E-state index contributed by atoms with van der Waals surface area (Å²) in [5.74, 6) is 1.02. The van der Waals surface area contributed by atoms with Gasteiger partial charge in [0.15, 0.2) is 5.96 Å². The summed E-state index contributed by atoms with van der Waals surface area (Å²) in [6.45, 7) is 7.10. The zero-order valence-electron chi connectivity index (χ0n) is 16.5. The summed E-state index contributed by atoms with van der Waals surface area (Å²) >= 11 is 6.11. The number of halogens is 2. The first-order valence-electron chi connectivity index (χ1n) is 9.99. The van der Waals surface area contributed by atoms with Gasteiger partial charge in [0.05, 0.1) is 6.54 Å². The number of hydrogen-bond acceptors (Lipinski definition) is 3. The molecule has 2 aliphatic rings. The molecule has 0 aliphatic carbocycles. The fourth-order valence-electron chi connectivity index (χ4n) is 3.69. The van der Waals surface area contributed by atoms with Crippen molar-refractivity contribution in [3.8, 4) is 0 Å². The summed E-state index contributed by atoms with van der Waals surface area (Å²) < 4.78 is 0. The number of anilines is 1. The molecule has 0 aromatic heterocycles. The lowest BCUT2D eigenvalue weighted by Gasteiger charge is -2.20. The molecule has 28 heavy (non-hydrogen) atoms. The van der Waals surface area contributed by atoms with Gasteiger partial charge in [-0.15, -0.1) is 24.0 Å². The predicted molar refractivity (Wildman–Crippen MR) is 127 cm³/mol. The molecule has 156 valence electrons. The molecule has 2 fully saturated rings. The summed E-state index contributed by atoms with van der Waals surface area (Å²) in [6.07, 6.45) is 3.79. The van der Waals surface area contributed by atoms with Crippen LogP contribution in [0, 0.1) is 0 Å². The van der Waals surface area contributed by atoms with Crippen molar-refractivity contribution in [3.05, 3.63) is 29.3 Å². The van der Waals surface area contributed by atoms with Gasteiger partial charge in [-0.2, -0.15) is 0 Å². The van der Waals surface area contributed by atoms with E-state index in [0.717, 1.165) is 68.7 Å². The zero-order chi connectivity index (χ0) is 19.1. The summed E-state index contributed by atoms with van der Waals surface area (Å²) in [5, 5.41) is 7.57. The third-order valence-corrected chi connectivity index (χ3v) is 5.34. The topological polar surface area (TPSA) is 60.0 Å². The third-order valence-electron chi connectivity index (χ3n) is 5.10. The Bertz CT molecular complexity index is 666. The van der Waals surface area contributed by atoms with Gasteiger partial charge in [0.1, 0.15) is 0 Å². The van der Waals surface area contributed by atoms with E-state index in [9.17, 15) is 4.79 Å². The molecule has 6 nitrogen and oxygen atoms in total. The lowest BCUT2D eigenvalue weighted by molar-refractivity contribution is -0.129. The smallest absolute Gasteiger partial charge is 0.224 e. The van der Waals surface area contributed by atoms with Crippen molar-refractivity contribution < 1.29 is 4.79 Å². The average molecular weight is 520 g/mol. The molecule has 2 N–H and O–H groups in total. The first kappa shape index (κ1) is 23.1. The number of guanidine groups is 1. The van der Waals surface area contributed by atoms with Gasteiger partial charge in [-0.05, 0) is 44.4 Å². The number of nitrogens with zero attached hydrogens (tertiary/aromatic N) is 3. The normalized spacial score (nSPS) is 19.5. The van der Waals surface area contributed by atoms with Crippen LogP contribution in [0.2, 0.25) is 5.02 Å². The van der Waals surface area contributed by atoms with Crippen LogP contribution in [0.15, 0.2) is 29.3 Å². The van der Waals surface area contributed by atoms with Crippen molar-refractivity contribution in [2.24, 2.45) is 4.99 Å². The maximum atomic E-state index is 12.2. The first-order chi connectivity index (χ1) is 13.2. The largest absolute Gasteiger partial charge is 0.369 e. The van der Waals surface area contributed by atoms with E-state index < -0.39 is 0 Å². The van der Waals surface area contributed by atoms with Gasteiger partial charge in [0, 0.05) is 55.9 Å². The highest BCUT2D eigenvalue weighted by Crippen LogP contribution is 2.23. The third kappa shape index (κ3) is 6.69. The Morgan fingerprint density at radius 3 is 2.79 bits per heavy atom. The maximum Gasteiger partial charge on any atom is 0.224 e. The van der Waals surface area contributed by atoms with E-state index in [4.69, 9.17) is 11.6 Å². The summed E-state index contributed by atoms with van der Waals surface area (Å²) in [5.41, 5.74) is 1.16. The van der Waals surface area contributed by atoms with Crippen LogP contribution in [-0.2, 0) is 4.79 Å². The van der Waals surface area contributed by atoms with Crippen molar-refractivity contribution in [3.63, 3.8) is 0 Å². The zero-order valence-corrected chi connectivity index (χ0v) is 19.6. The molecule has 1 aromatic rings. The first-order valence-corrected chi connectivity index (χ1v) is 10.4. The Balaban J connectivity index is 0.00000280. The Morgan fingerprint density at radius 2 is 2.07 bits per heavy atom. The van der Waals surface area contributed by atoms with Crippen LogP contribution in [0.5, 0.6) is 0 Å². The fourth-order valence-corrected chi connectivity index (χ4v) is 3.87. The molecule has 1 amide bonds. The number of rotatable bonds is 6. The quantitative estimate of drug-likeness (QED) is 0.345. The molecule has 0 spiro atoms. The molecule has 8 heteroatoms. The Labute approximate surface area is 190 Å². The lowest BCUT2D eigenvalue weighted by Crippen LogP contribution is -2.44. The molecule has 1 atom stereocenters. The van der Waals surface area contributed by atoms with Crippen LogP contribution in [0.3, 0.4) is 0 Å². The van der Waals surface area contributed by atoms with Crippen LogP contribution < -0.4 is 15.5 Å². The van der Waals surface area contributed by atoms with Gasteiger partial charge in [-0.3, -0.25) is 9.79 Å². The molecular formula is C20H31ClIN5O. The molecular weight excluding hydrogens is 489 g/mol. The molecule has 1 aromatic carbocycles. The van der Waals surface area contributed by atoms with E-state index in [2.05, 4.69) is 33.5 Å². The molecule has 0 radical (unpaired) electrons. The second-order valence-corrected chi connectivity index (χ2v) is 7.59. The number of carbonyl (C=O) groups excluding carboxylic acids is 1. The van der Waals surface area contributed by atoms with Crippen molar-refractivity contribution >= 4 is 53.1 Å². The predicted octanol–water partition coefficient (Wildman–Crippen LogP) is 3.10. The molecule has 0 saturated carbocycles. The number of aliphatic imine (C=N–C) groups is 1. The number of nitrogens with one attached hydrogen (secondary N) is 2. The molecule has 2 heterocycles. The van der Waals surface area contributed by atoms with Gasteiger partial charge in [0.2, 0.25) is 5.91 Å². The number of hydrogen-bond donors (Lipinski definition) is 2. The van der Waals surface area contributed by atoms with E-state index >= 15 is 0 Å². The molecule has 2 aliphatic heterocycles. The van der Waals surface area contributed by atoms with Crippen molar-refractivity contribution in [2.45, 2.75) is 38.6 Å². The van der Waals surface area contributed by atoms with Crippen molar-refractivity contribution in [1.29, 1.82) is 0 Å². The highest BCUT2D eigenvalue weighted by molar-refractivity contribution is 14.0. The van der Waals surface area contributed by atoms with Crippen LogP contribution in [-0.4, -0.2) is 62.1 Å². The highest BCUT2D eigenvalue weighted by Gasteiger charge is 2.23. The Kier molecular flexibility index (Phi) is 9.64. The second-order valence-electron chi connectivity index (χ2n) is 7.15. The van der Waals surface area contributed by atoms with Gasteiger partial charge in [-0.25, -0.2) is 0 Å². The Morgan fingerprint density at radius 1 is 1.29 bits per heavy atom. The van der Waals surface area contributed by atoms with E-state index in [-0.39, 0.29) is 29.9 Å². The summed E-state index contributed by atoms with van der Waals surface area (Å²) in [4.78, 5) is 21.1. The molecule has 3 rings (SSSR count). The second kappa shape index (κ2) is 11.7. The van der Waals surface area contributed by atoms with Crippen LogP contribution in [0.4, 0.5) is 5.69 Å². The summed E-state index contributed by atoms with van der Waals surface area (Å²) in [7, 11) is 0. The van der Waals surface area contributed by atoms with E-state index in [1.54, 1.807) is 0 Å². The monoisotopic (exact) mass is 519 g/mol. The number of likely N-dealkylation sites (tertiary alicyclic amines) is 1. The van der Waals surface area contributed by atoms with Gasteiger partial charge >= 0.3 is 0 Å². The number of benzene rings is 1. The maximum absolute atomic E-state index is 12.2. The van der Waals surface area contributed by atoms with Crippen LogP contribution >= 0.6 is 35.6 Å². The average Bonchev–Trinajstić information content (AvgIpc) is 3.34. The highest BCUT2D eigenvalue weighted by atomic mass is 127. The van der Waals surface area contributed by atoms with E-state index in [1.165, 1.54) is 0 Å². The standard InChI is InChI=1S/C20H30ClN5O.HI/c1-2-22-20(23-10-8-19(27)25-11-3-4-12-25)24-17-9-13-26(15-17)18-7-5-6-16(21)14-18;/h5-7,14,17H,2-4,8-13,15H2,1H3,(H2,22,23,24);1H. The minimum absolute atomic E-state index is 0. The lowest BCUT2D eigenvalue weighted by atomic mass is 10.2. The minimum atomic E-state index is 0. The fraction of sp³-hybridized carbons (Fsp3) is 0.600. The molecule has 0 bridgehead atoms. The van der Waals surface area contributed by atoms with Crippen LogP contribution in [0.25, 0.3) is 0 Å². The SMILES string of the molecule is CCNC(=NCCC(=O)N1CCCC1)NC1CCN(c2cccc(Cl)c2)C1.I. The van der Waals surface area contributed by atoms with Crippen LogP contribution in [0.1, 0.15) is 32.6 Å². The van der Waals surface area contributed by atoms with Gasteiger partial charge < -0.3 is 20.4 Å². The number of amides is 1. The van der Waals surface area contributed by atoms with E-state index in [1.807, 2.05) is 23.1 Å². The van der Waals surface area contributed by atoms with Gasteiger partial charge in [-0.1, -0.05) is 17.7 Å². The summed E-state index contributed by atoms with van der Waals surface area (Å²) in [6, 6.07) is 8.32. The van der Waals surface area contributed by atoms with Crippen molar-refractivity contribution in [1.82, 2.24) is 15.5 Å². The minimum Gasteiger partial charge on any atom is -0.369 e. The Hall–Kier alpha value is -1.22. The number of carbonyl (C=O) groups is 1.